The molecule has 5 nitrogen and oxygen atoms in total. The van der Waals surface area contributed by atoms with Gasteiger partial charge in [0.05, 0.1) is 16.8 Å². The predicted molar refractivity (Wildman–Crippen MR) is 87.2 cm³/mol. The molecule has 0 spiro atoms. The van der Waals surface area contributed by atoms with Crippen LogP contribution >= 0.6 is 11.3 Å². The molecule has 6 heteroatoms. The molecular weight excluding hydrogens is 298 g/mol. The van der Waals surface area contributed by atoms with Crippen LogP contribution in [0.1, 0.15) is 30.7 Å². The van der Waals surface area contributed by atoms with Crippen molar-refractivity contribution in [2.45, 2.75) is 32.7 Å². The monoisotopic (exact) mass is 319 g/mol. The largest absolute Gasteiger partial charge is 0.481 e. The minimum atomic E-state index is -0.706. The molecule has 0 aliphatic carbocycles. The minimum Gasteiger partial charge on any atom is -0.481 e. The highest BCUT2D eigenvalue weighted by molar-refractivity contribution is 7.15. The van der Waals surface area contributed by atoms with Gasteiger partial charge in [-0.15, -0.1) is 17.9 Å². The van der Waals surface area contributed by atoms with E-state index in [1.807, 2.05) is 18.5 Å². The summed E-state index contributed by atoms with van der Waals surface area (Å²) >= 11 is 1.62. The Morgan fingerprint density at radius 1 is 1.64 bits per heavy atom. The number of carbonyl (C=O) groups is 1. The van der Waals surface area contributed by atoms with Crippen LogP contribution < -0.4 is 0 Å². The number of fused-ring (bicyclic) bond motifs is 1. The predicted octanol–water partition coefficient (Wildman–Crippen LogP) is 2.95. The van der Waals surface area contributed by atoms with E-state index >= 15 is 0 Å². The average molecular weight is 319 g/mol. The molecular formula is C16H21N3O2S. The van der Waals surface area contributed by atoms with E-state index in [0.29, 0.717) is 13.0 Å². The Morgan fingerprint density at radius 2 is 2.45 bits per heavy atom. The molecule has 2 aromatic heterocycles. The number of rotatable bonds is 5. The van der Waals surface area contributed by atoms with Gasteiger partial charge in [-0.05, 0) is 32.7 Å². The molecule has 0 unspecified atom stereocenters. The topological polar surface area (TPSA) is 57.8 Å². The summed E-state index contributed by atoms with van der Waals surface area (Å²) in [4.78, 5) is 19.6. The first-order valence-electron chi connectivity index (χ1n) is 7.53. The number of hydrogen-bond acceptors (Lipinski definition) is 4. The van der Waals surface area contributed by atoms with Crippen molar-refractivity contribution < 1.29 is 9.90 Å². The molecule has 1 N–H and O–H groups in total. The molecule has 0 saturated carbocycles. The standard InChI is InChI=1S/C16H21N3O2S/c1-3-5-16(14(20)21)6-4-7-18(11-16)10-13-12(2)17-15-19(13)8-9-22-15/h3,8-9H,1,4-7,10-11H2,2H3,(H,20,21)/t16-/m0/s1. The maximum atomic E-state index is 11.8. The average Bonchev–Trinajstić information content (AvgIpc) is 3.03. The van der Waals surface area contributed by atoms with Gasteiger partial charge in [0, 0.05) is 24.7 Å². The third-order valence-corrected chi connectivity index (χ3v) is 5.34. The Kier molecular flexibility index (Phi) is 4.06. The lowest BCUT2D eigenvalue weighted by atomic mass is 9.77. The third kappa shape index (κ3) is 2.57. The maximum absolute atomic E-state index is 11.8. The Balaban J connectivity index is 1.83. The van der Waals surface area contributed by atoms with Crippen LogP contribution in [0.2, 0.25) is 0 Å². The molecule has 0 amide bonds. The first-order valence-corrected chi connectivity index (χ1v) is 8.41. The van der Waals surface area contributed by atoms with Crippen LogP contribution in [-0.2, 0) is 11.3 Å². The zero-order valence-corrected chi connectivity index (χ0v) is 13.6. The van der Waals surface area contributed by atoms with Crippen molar-refractivity contribution in [1.29, 1.82) is 0 Å². The van der Waals surface area contributed by atoms with Gasteiger partial charge in [0.15, 0.2) is 4.96 Å². The van der Waals surface area contributed by atoms with Gasteiger partial charge in [0.2, 0.25) is 0 Å². The van der Waals surface area contributed by atoms with Crippen molar-refractivity contribution in [1.82, 2.24) is 14.3 Å². The molecule has 1 saturated heterocycles. The van der Waals surface area contributed by atoms with E-state index in [1.54, 1.807) is 17.4 Å². The van der Waals surface area contributed by atoms with Crippen LogP contribution in [-0.4, -0.2) is 38.4 Å². The Labute approximate surface area is 133 Å². The summed E-state index contributed by atoms with van der Waals surface area (Å²) in [5.41, 5.74) is 1.50. The molecule has 3 rings (SSSR count). The summed E-state index contributed by atoms with van der Waals surface area (Å²) in [6.45, 7) is 8.01. The summed E-state index contributed by atoms with van der Waals surface area (Å²) in [6, 6.07) is 0. The van der Waals surface area contributed by atoms with Gasteiger partial charge in [-0.1, -0.05) is 6.08 Å². The Morgan fingerprint density at radius 3 is 3.18 bits per heavy atom. The van der Waals surface area contributed by atoms with Crippen molar-refractivity contribution in [3.05, 3.63) is 35.6 Å². The number of carboxylic acids is 1. The van der Waals surface area contributed by atoms with Crippen molar-refractivity contribution in [3.8, 4) is 0 Å². The number of aryl methyl sites for hydroxylation is 1. The van der Waals surface area contributed by atoms with Crippen LogP contribution in [0.3, 0.4) is 0 Å². The summed E-state index contributed by atoms with van der Waals surface area (Å²) in [5, 5.41) is 11.7. The molecule has 22 heavy (non-hydrogen) atoms. The van der Waals surface area contributed by atoms with E-state index < -0.39 is 11.4 Å². The fraction of sp³-hybridized carbons (Fsp3) is 0.500. The molecule has 0 aromatic carbocycles. The molecule has 0 radical (unpaired) electrons. The van der Waals surface area contributed by atoms with Gasteiger partial charge in [0.1, 0.15) is 0 Å². The first-order chi connectivity index (χ1) is 10.6. The van der Waals surface area contributed by atoms with Crippen LogP contribution in [0.25, 0.3) is 4.96 Å². The van der Waals surface area contributed by atoms with Crippen LogP contribution in [0.5, 0.6) is 0 Å². The number of aromatic nitrogens is 2. The van der Waals surface area contributed by atoms with Crippen molar-refractivity contribution in [2.75, 3.05) is 13.1 Å². The minimum absolute atomic E-state index is 0.526. The Bertz CT molecular complexity index is 705. The zero-order valence-electron chi connectivity index (χ0n) is 12.8. The van der Waals surface area contributed by atoms with E-state index in [9.17, 15) is 9.90 Å². The zero-order chi connectivity index (χ0) is 15.7. The molecule has 2 aromatic rings. The number of piperidine rings is 1. The van der Waals surface area contributed by atoms with Crippen LogP contribution in [0.15, 0.2) is 24.2 Å². The van der Waals surface area contributed by atoms with Crippen LogP contribution in [0, 0.1) is 12.3 Å². The first kappa shape index (κ1) is 15.2. The third-order valence-electron chi connectivity index (χ3n) is 4.58. The van der Waals surface area contributed by atoms with Crippen molar-refractivity contribution >= 4 is 22.3 Å². The number of allylic oxidation sites excluding steroid dienone is 1. The van der Waals surface area contributed by atoms with Gasteiger partial charge in [-0.25, -0.2) is 4.98 Å². The second-order valence-corrected chi connectivity index (χ2v) is 6.96. The highest BCUT2D eigenvalue weighted by atomic mass is 32.1. The highest BCUT2D eigenvalue weighted by Gasteiger charge is 2.41. The SMILES string of the molecule is C=CC[C@]1(C(=O)O)CCCN(Cc2c(C)nc3sccn23)C1. The number of likely N-dealkylation sites (tertiary alicyclic amines) is 1. The van der Waals surface area contributed by atoms with E-state index in [0.717, 1.165) is 42.3 Å². The molecule has 0 bridgehead atoms. The Hall–Kier alpha value is -1.66. The van der Waals surface area contributed by atoms with Gasteiger partial charge < -0.3 is 5.11 Å². The fourth-order valence-corrected chi connectivity index (χ4v) is 4.19. The summed E-state index contributed by atoms with van der Waals surface area (Å²) in [6.07, 6.45) is 5.93. The lowest BCUT2D eigenvalue weighted by molar-refractivity contribution is -0.152. The lowest BCUT2D eigenvalue weighted by Crippen LogP contribution is -2.47. The number of hydrogen-bond donors (Lipinski definition) is 1. The number of aliphatic carboxylic acids is 1. The van der Waals surface area contributed by atoms with Gasteiger partial charge >= 0.3 is 5.97 Å². The fourth-order valence-electron chi connectivity index (χ4n) is 3.41. The van der Waals surface area contributed by atoms with E-state index in [2.05, 4.69) is 20.9 Å². The van der Waals surface area contributed by atoms with Crippen molar-refractivity contribution in [2.24, 2.45) is 5.41 Å². The molecule has 1 aliphatic rings. The van der Waals surface area contributed by atoms with Crippen LogP contribution in [0.4, 0.5) is 0 Å². The van der Waals surface area contributed by atoms with Gasteiger partial charge in [-0.2, -0.15) is 0 Å². The second-order valence-electron chi connectivity index (χ2n) is 6.09. The van der Waals surface area contributed by atoms with E-state index in [4.69, 9.17) is 0 Å². The summed E-state index contributed by atoms with van der Waals surface area (Å²) in [5.74, 6) is -0.706. The number of thiazole rings is 1. The quantitative estimate of drug-likeness (QED) is 0.861. The summed E-state index contributed by atoms with van der Waals surface area (Å²) in [7, 11) is 0. The smallest absolute Gasteiger partial charge is 0.311 e. The van der Waals surface area contributed by atoms with E-state index in [-0.39, 0.29) is 0 Å². The van der Waals surface area contributed by atoms with Gasteiger partial charge in [-0.3, -0.25) is 14.1 Å². The molecule has 1 atom stereocenters. The number of carboxylic acid groups (broad SMARTS) is 1. The lowest BCUT2D eigenvalue weighted by Gasteiger charge is -2.39. The normalized spacial score (nSPS) is 23.0. The van der Waals surface area contributed by atoms with Gasteiger partial charge in [0.25, 0.3) is 0 Å². The van der Waals surface area contributed by atoms with E-state index in [1.165, 1.54) is 0 Å². The highest BCUT2D eigenvalue weighted by Crippen LogP contribution is 2.35. The van der Waals surface area contributed by atoms with Crippen molar-refractivity contribution in [3.63, 3.8) is 0 Å². The molecule has 3 heterocycles. The number of imidazole rings is 1. The molecule has 1 aliphatic heterocycles. The maximum Gasteiger partial charge on any atom is 0.311 e. The molecule has 1 fully saturated rings. The summed E-state index contributed by atoms with van der Waals surface area (Å²) < 4.78 is 2.12. The second kappa shape index (κ2) is 5.85. The molecule has 118 valence electrons. The number of nitrogens with zero attached hydrogens (tertiary/aromatic N) is 3.